The zero-order valence-electron chi connectivity index (χ0n) is 12.8. The molecule has 23 heavy (non-hydrogen) atoms. The van der Waals surface area contributed by atoms with Crippen LogP contribution < -0.4 is 5.32 Å². The summed E-state index contributed by atoms with van der Waals surface area (Å²) in [5, 5.41) is 2.21. The number of benzene rings is 1. The number of H-pyrrole nitrogens is 1. The van der Waals surface area contributed by atoms with Crippen molar-refractivity contribution in [3.05, 3.63) is 52.9 Å². The molecule has 6 heteroatoms. The maximum Gasteiger partial charge on any atom is 0.258 e. The van der Waals surface area contributed by atoms with Crippen LogP contribution in [0.5, 0.6) is 0 Å². The molecule has 2 aromatic rings. The summed E-state index contributed by atoms with van der Waals surface area (Å²) < 4.78 is 27.3. The fourth-order valence-electron chi connectivity index (χ4n) is 2.97. The molecule has 3 rings (SSSR count). The highest BCUT2D eigenvalue weighted by Gasteiger charge is 2.35. The second kappa shape index (κ2) is 5.30. The first-order chi connectivity index (χ1) is 10.8. The summed E-state index contributed by atoms with van der Waals surface area (Å²) in [7, 11) is 0. The average molecular weight is 318 g/mol. The third-order valence-corrected chi connectivity index (χ3v) is 3.98. The largest absolute Gasteiger partial charge is 0.364 e. The highest BCUT2D eigenvalue weighted by Crippen LogP contribution is 2.36. The number of amides is 1. The van der Waals surface area contributed by atoms with Crippen LogP contribution >= 0.6 is 0 Å². The molecule has 1 aliphatic rings. The second-order valence-electron chi connectivity index (χ2n) is 6.55. The fraction of sp³-hybridized carbons (Fsp3) is 0.294. The molecule has 0 spiro atoms. The van der Waals surface area contributed by atoms with Crippen LogP contribution in [-0.4, -0.2) is 16.7 Å². The van der Waals surface area contributed by atoms with Crippen molar-refractivity contribution < 1.29 is 18.4 Å². The van der Waals surface area contributed by atoms with Gasteiger partial charge in [0.15, 0.2) is 5.78 Å². The molecule has 0 radical (unpaired) electrons. The van der Waals surface area contributed by atoms with E-state index in [0.717, 1.165) is 12.1 Å². The van der Waals surface area contributed by atoms with Gasteiger partial charge in [-0.3, -0.25) is 9.59 Å². The summed E-state index contributed by atoms with van der Waals surface area (Å²) in [5.41, 5.74) is 0.420. The Morgan fingerprint density at radius 2 is 1.87 bits per heavy atom. The monoisotopic (exact) mass is 318 g/mol. The van der Waals surface area contributed by atoms with E-state index >= 15 is 0 Å². The van der Waals surface area contributed by atoms with Crippen LogP contribution in [0.4, 0.5) is 14.5 Å². The summed E-state index contributed by atoms with van der Waals surface area (Å²) in [6, 6.07) is 3.32. The van der Waals surface area contributed by atoms with E-state index in [-0.39, 0.29) is 16.8 Å². The lowest BCUT2D eigenvalue weighted by Gasteiger charge is -2.28. The van der Waals surface area contributed by atoms with E-state index < -0.39 is 23.2 Å². The summed E-state index contributed by atoms with van der Waals surface area (Å²) in [6.45, 7) is 3.95. The molecule has 1 aliphatic carbocycles. The normalized spacial score (nSPS) is 16.1. The Labute approximate surface area is 131 Å². The van der Waals surface area contributed by atoms with Crippen LogP contribution in [0.25, 0.3) is 0 Å². The van der Waals surface area contributed by atoms with Crippen LogP contribution in [0, 0.1) is 17.0 Å². The molecule has 0 aliphatic heterocycles. The second-order valence-corrected chi connectivity index (χ2v) is 6.55. The van der Waals surface area contributed by atoms with E-state index in [1.807, 2.05) is 13.8 Å². The quantitative estimate of drug-likeness (QED) is 0.887. The third-order valence-electron chi connectivity index (χ3n) is 3.98. The minimum absolute atomic E-state index is 0.114. The zero-order chi connectivity index (χ0) is 16.8. The van der Waals surface area contributed by atoms with Crippen molar-refractivity contribution in [1.29, 1.82) is 0 Å². The number of para-hydroxylation sites is 1. The molecule has 4 nitrogen and oxygen atoms in total. The number of nitrogens with one attached hydrogen (secondary N) is 2. The number of carbonyl (C=O) groups is 2. The number of aromatic amines is 1. The van der Waals surface area contributed by atoms with Crippen LogP contribution in [0.3, 0.4) is 0 Å². The van der Waals surface area contributed by atoms with Crippen LogP contribution in [0.2, 0.25) is 0 Å². The van der Waals surface area contributed by atoms with Crippen LogP contribution in [-0.2, 0) is 6.42 Å². The SMILES string of the molecule is CC1(C)CC(=O)c2c(C(=O)Nc3c(F)cccc3F)c[nH]c2C1. The fourth-order valence-corrected chi connectivity index (χ4v) is 2.97. The third kappa shape index (κ3) is 2.76. The Hall–Kier alpha value is -2.50. The van der Waals surface area contributed by atoms with Gasteiger partial charge in [-0.05, 0) is 24.0 Å². The lowest BCUT2D eigenvalue weighted by molar-refractivity contribution is 0.0902. The first-order valence-corrected chi connectivity index (χ1v) is 7.27. The van der Waals surface area contributed by atoms with E-state index in [4.69, 9.17) is 0 Å². The Balaban J connectivity index is 1.94. The Bertz CT molecular complexity index is 789. The molecule has 0 atom stereocenters. The smallest absolute Gasteiger partial charge is 0.258 e. The highest BCUT2D eigenvalue weighted by molar-refractivity contribution is 6.13. The minimum atomic E-state index is -0.866. The first kappa shape index (κ1) is 15.4. The minimum Gasteiger partial charge on any atom is -0.364 e. The topological polar surface area (TPSA) is 62.0 Å². The van der Waals surface area contributed by atoms with Crippen molar-refractivity contribution in [2.75, 3.05) is 5.32 Å². The molecule has 0 saturated heterocycles. The molecule has 1 aromatic heterocycles. The van der Waals surface area contributed by atoms with Gasteiger partial charge < -0.3 is 10.3 Å². The number of carbonyl (C=O) groups excluding carboxylic acids is 2. The zero-order valence-corrected chi connectivity index (χ0v) is 12.8. The van der Waals surface area contributed by atoms with Gasteiger partial charge in [-0.2, -0.15) is 0 Å². The molecule has 1 amide bonds. The van der Waals surface area contributed by atoms with Crippen molar-refractivity contribution in [1.82, 2.24) is 4.98 Å². The molecule has 1 heterocycles. The van der Waals surface area contributed by atoms with E-state index in [9.17, 15) is 18.4 Å². The number of aromatic nitrogens is 1. The molecule has 0 bridgehead atoms. The maximum absolute atomic E-state index is 13.6. The van der Waals surface area contributed by atoms with Gasteiger partial charge in [0.2, 0.25) is 0 Å². The number of ketones is 1. The van der Waals surface area contributed by atoms with E-state index in [2.05, 4.69) is 10.3 Å². The van der Waals surface area contributed by atoms with Gasteiger partial charge in [-0.15, -0.1) is 0 Å². The average Bonchev–Trinajstić information content (AvgIpc) is 2.85. The molecule has 0 fully saturated rings. The maximum atomic E-state index is 13.6. The number of Topliss-reactive ketones (excluding diaryl/α,β-unsaturated/α-hetero) is 1. The predicted molar refractivity (Wildman–Crippen MR) is 81.5 cm³/mol. The lowest BCUT2D eigenvalue weighted by Crippen LogP contribution is -2.28. The number of fused-ring (bicyclic) bond motifs is 1. The summed E-state index contributed by atoms with van der Waals surface area (Å²) in [4.78, 5) is 27.6. The Kier molecular flexibility index (Phi) is 3.55. The number of hydrogen-bond donors (Lipinski definition) is 2. The predicted octanol–water partition coefficient (Wildman–Crippen LogP) is 3.70. The standard InChI is InChI=1S/C17H16F2N2O2/c1-17(2)6-12-14(13(22)7-17)9(8-20-12)16(23)21-15-10(18)4-3-5-11(15)19/h3-5,8,20H,6-7H2,1-2H3,(H,21,23). The highest BCUT2D eigenvalue weighted by atomic mass is 19.1. The summed E-state index contributed by atoms with van der Waals surface area (Å²) >= 11 is 0. The Morgan fingerprint density at radius 1 is 1.22 bits per heavy atom. The van der Waals surface area contributed by atoms with Crippen molar-refractivity contribution in [3.63, 3.8) is 0 Å². The van der Waals surface area contributed by atoms with E-state index in [1.165, 1.54) is 12.3 Å². The molecular formula is C17H16F2N2O2. The molecule has 120 valence electrons. The van der Waals surface area contributed by atoms with Gasteiger partial charge in [0, 0.05) is 18.3 Å². The number of anilines is 1. The number of rotatable bonds is 2. The summed E-state index contributed by atoms with van der Waals surface area (Å²) in [5.74, 6) is -2.58. The molecule has 0 saturated carbocycles. The van der Waals surface area contributed by atoms with Gasteiger partial charge in [-0.1, -0.05) is 19.9 Å². The van der Waals surface area contributed by atoms with Gasteiger partial charge in [0.1, 0.15) is 17.3 Å². The van der Waals surface area contributed by atoms with Gasteiger partial charge in [-0.25, -0.2) is 8.78 Å². The molecule has 0 unspecified atom stereocenters. The summed E-state index contributed by atoms with van der Waals surface area (Å²) in [6.07, 6.45) is 2.37. The molecular weight excluding hydrogens is 302 g/mol. The first-order valence-electron chi connectivity index (χ1n) is 7.27. The Morgan fingerprint density at radius 3 is 2.52 bits per heavy atom. The molecule has 2 N–H and O–H groups in total. The van der Waals surface area contributed by atoms with Gasteiger partial charge in [0.05, 0.1) is 11.1 Å². The van der Waals surface area contributed by atoms with E-state index in [0.29, 0.717) is 24.1 Å². The lowest BCUT2D eigenvalue weighted by atomic mass is 9.75. The van der Waals surface area contributed by atoms with Crippen LogP contribution in [0.1, 0.15) is 46.7 Å². The number of hydrogen-bond acceptors (Lipinski definition) is 2. The van der Waals surface area contributed by atoms with Crippen LogP contribution in [0.15, 0.2) is 24.4 Å². The van der Waals surface area contributed by atoms with Gasteiger partial charge in [0.25, 0.3) is 5.91 Å². The van der Waals surface area contributed by atoms with Crippen molar-refractivity contribution in [2.45, 2.75) is 26.7 Å². The van der Waals surface area contributed by atoms with Gasteiger partial charge >= 0.3 is 0 Å². The van der Waals surface area contributed by atoms with Crippen molar-refractivity contribution in [3.8, 4) is 0 Å². The number of halogens is 2. The van der Waals surface area contributed by atoms with E-state index in [1.54, 1.807) is 0 Å². The van der Waals surface area contributed by atoms with Crippen molar-refractivity contribution >= 4 is 17.4 Å². The van der Waals surface area contributed by atoms with Crippen molar-refractivity contribution in [2.24, 2.45) is 5.41 Å². The molecule has 1 aromatic carbocycles.